The van der Waals surface area contributed by atoms with Crippen molar-refractivity contribution in [3.8, 4) is 0 Å². The molecular weight excluding hydrogens is 195 g/mol. The van der Waals surface area contributed by atoms with Crippen molar-refractivity contribution in [3.05, 3.63) is 0 Å². The maximum Gasteiger partial charge on any atom is -0.00488 e. The number of rotatable bonds is 2. The highest BCUT2D eigenvalue weighted by Crippen LogP contribution is 2.27. The SMILES string of the molecule is Cl.Cl.NC[C@@H]1CCC[C@@H](CN)C1. The average Bonchev–Trinajstić information content (AvgIpc) is 2.05. The molecule has 1 aliphatic rings. The number of hydrogen-bond acceptors (Lipinski definition) is 2. The Hall–Kier alpha value is 0.500. The van der Waals surface area contributed by atoms with E-state index in [4.69, 9.17) is 11.5 Å². The Labute approximate surface area is 87.3 Å². The van der Waals surface area contributed by atoms with Gasteiger partial charge in [-0.15, -0.1) is 24.8 Å². The van der Waals surface area contributed by atoms with Crippen molar-refractivity contribution in [1.29, 1.82) is 0 Å². The van der Waals surface area contributed by atoms with E-state index in [1.165, 1.54) is 25.7 Å². The maximum absolute atomic E-state index is 5.58. The lowest BCUT2D eigenvalue weighted by molar-refractivity contribution is 0.277. The molecule has 12 heavy (non-hydrogen) atoms. The Balaban J connectivity index is 0. The molecule has 0 heterocycles. The summed E-state index contributed by atoms with van der Waals surface area (Å²) in [6.07, 6.45) is 5.26. The van der Waals surface area contributed by atoms with Gasteiger partial charge in [0.15, 0.2) is 0 Å². The summed E-state index contributed by atoms with van der Waals surface area (Å²) >= 11 is 0. The van der Waals surface area contributed by atoms with Crippen LogP contribution in [0.2, 0.25) is 0 Å². The van der Waals surface area contributed by atoms with E-state index in [2.05, 4.69) is 0 Å². The van der Waals surface area contributed by atoms with Crippen molar-refractivity contribution in [3.63, 3.8) is 0 Å². The summed E-state index contributed by atoms with van der Waals surface area (Å²) < 4.78 is 0. The zero-order chi connectivity index (χ0) is 7.40. The molecule has 0 aromatic carbocycles. The Kier molecular flexibility index (Phi) is 10.1. The fourth-order valence-electron chi connectivity index (χ4n) is 1.83. The molecule has 0 aliphatic heterocycles. The summed E-state index contributed by atoms with van der Waals surface area (Å²) in [7, 11) is 0. The topological polar surface area (TPSA) is 52.0 Å². The van der Waals surface area contributed by atoms with Crippen LogP contribution < -0.4 is 11.5 Å². The van der Waals surface area contributed by atoms with Crippen LogP contribution in [0.4, 0.5) is 0 Å². The molecule has 0 saturated heterocycles. The second-order valence-corrected chi connectivity index (χ2v) is 3.37. The lowest BCUT2D eigenvalue weighted by Crippen LogP contribution is -2.26. The third-order valence-corrected chi connectivity index (χ3v) is 2.56. The molecule has 0 amide bonds. The standard InChI is InChI=1S/C8H18N2.2ClH/c9-5-7-2-1-3-8(4-7)6-10;;/h7-8H,1-6,9-10H2;2*1H/t7-,8-;;/m1../s1. The second-order valence-electron chi connectivity index (χ2n) is 3.37. The van der Waals surface area contributed by atoms with E-state index in [-0.39, 0.29) is 24.8 Å². The fourth-order valence-corrected chi connectivity index (χ4v) is 1.83. The Morgan fingerprint density at radius 3 is 1.67 bits per heavy atom. The molecule has 1 saturated carbocycles. The molecule has 1 fully saturated rings. The van der Waals surface area contributed by atoms with E-state index >= 15 is 0 Å². The first-order valence-corrected chi connectivity index (χ1v) is 4.27. The molecule has 2 atom stereocenters. The molecule has 4 heteroatoms. The van der Waals surface area contributed by atoms with Gasteiger partial charge in [-0.05, 0) is 44.2 Å². The minimum Gasteiger partial charge on any atom is -0.330 e. The van der Waals surface area contributed by atoms with Crippen LogP contribution >= 0.6 is 24.8 Å². The number of hydrogen-bond donors (Lipinski definition) is 2. The molecule has 0 spiro atoms. The van der Waals surface area contributed by atoms with Gasteiger partial charge in [-0.3, -0.25) is 0 Å². The first kappa shape index (κ1) is 15.0. The molecule has 0 aromatic heterocycles. The highest BCUT2D eigenvalue weighted by atomic mass is 35.5. The van der Waals surface area contributed by atoms with Crippen LogP contribution in [0.25, 0.3) is 0 Å². The van der Waals surface area contributed by atoms with Gasteiger partial charge < -0.3 is 11.5 Å². The summed E-state index contributed by atoms with van der Waals surface area (Å²) in [5.74, 6) is 1.53. The van der Waals surface area contributed by atoms with Crippen LogP contribution in [0.3, 0.4) is 0 Å². The van der Waals surface area contributed by atoms with Crippen molar-refractivity contribution < 1.29 is 0 Å². The number of nitrogens with two attached hydrogens (primary N) is 2. The van der Waals surface area contributed by atoms with E-state index in [0.717, 1.165) is 24.9 Å². The molecule has 0 aromatic rings. The molecule has 0 radical (unpaired) electrons. The van der Waals surface area contributed by atoms with E-state index in [0.29, 0.717) is 0 Å². The molecule has 76 valence electrons. The summed E-state index contributed by atoms with van der Waals surface area (Å²) in [5.41, 5.74) is 11.2. The third-order valence-electron chi connectivity index (χ3n) is 2.56. The predicted octanol–water partition coefficient (Wildman–Crippen LogP) is 1.55. The van der Waals surface area contributed by atoms with Gasteiger partial charge in [-0.25, -0.2) is 0 Å². The lowest BCUT2D eigenvalue weighted by atomic mass is 9.81. The largest absolute Gasteiger partial charge is 0.330 e. The van der Waals surface area contributed by atoms with Crippen molar-refractivity contribution >= 4 is 24.8 Å². The Bertz CT molecular complexity index is 91.1. The summed E-state index contributed by atoms with van der Waals surface area (Å²) in [4.78, 5) is 0. The van der Waals surface area contributed by atoms with Crippen molar-refractivity contribution in [1.82, 2.24) is 0 Å². The van der Waals surface area contributed by atoms with E-state index in [1.54, 1.807) is 0 Å². The molecule has 2 nitrogen and oxygen atoms in total. The highest BCUT2D eigenvalue weighted by Gasteiger charge is 2.19. The lowest BCUT2D eigenvalue weighted by Gasteiger charge is -2.26. The molecular formula is C8H20Cl2N2. The first-order chi connectivity index (χ1) is 4.86. The average molecular weight is 215 g/mol. The van der Waals surface area contributed by atoms with Crippen LogP contribution in [-0.2, 0) is 0 Å². The summed E-state index contributed by atoms with van der Waals surface area (Å²) in [6, 6.07) is 0. The van der Waals surface area contributed by atoms with Crippen LogP contribution in [0.15, 0.2) is 0 Å². The smallest absolute Gasteiger partial charge is 0.00488 e. The zero-order valence-electron chi connectivity index (χ0n) is 7.37. The minimum absolute atomic E-state index is 0. The quantitative estimate of drug-likeness (QED) is 0.734. The van der Waals surface area contributed by atoms with Gasteiger partial charge in [-0.1, -0.05) is 6.42 Å². The van der Waals surface area contributed by atoms with Gasteiger partial charge >= 0.3 is 0 Å². The van der Waals surface area contributed by atoms with Crippen LogP contribution in [0.1, 0.15) is 25.7 Å². The van der Waals surface area contributed by atoms with Gasteiger partial charge in [0.1, 0.15) is 0 Å². The third kappa shape index (κ3) is 4.51. The molecule has 0 unspecified atom stereocenters. The minimum atomic E-state index is 0. The summed E-state index contributed by atoms with van der Waals surface area (Å²) in [6.45, 7) is 1.72. The zero-order valence-corrected chi connectivity index (χ0v) is 9.00. The second kappa shape index (κ2) is 8.11. The van der Waals surface area contributed by atoms with Crippen molar-refractivity contribution in [2.24, 2.45) is 23.3 Å². The monoisotopic (exact) mass is 214 g/mol. The maximum atomic E-state index is 5.58. The van der Waals surface area contributed by atoms with Crippen LogP contribution in [-0.4, -0.2) is 13.1 Å². The van der Waals surface area contributed by atoms with E-state index < -0.39 is 0 Å². The van der Waals surface area contributed by atoms with Gasteiger partial charge in [0, 0.05) is 0 Å². The Morgan fingerprint density at radius 2 is 1.33 bits per heavy atom. The van der Waals surface area contributed by atoms with E-state index in [9.17, 15) is 0 Å². The normalized spacial score (nSPS) is 28.5. The van der Waals surface area contributed by atoms with Crippen LogP contribution in [0.5, 0.6) is 0 Å². The van der Waals surface area contributed by atoms with Crippen molar-refractivity contribution in [2.45, 2.75) is 25.7 Å². The van der Waals surface area contributed by atoms with Gasteiger partial charge in [0.05, 0.1) is 0 Å². The molecule has 1 aliphatic carbocycles. The van der Waals surface area contributed by atoms with Crippen LogP contribution in [0, 0.1) is 11.8 Å². The Morgan fingerprint density at radius 1 is 0.917 bits per heavy atom. The molecule has 1 rings (SSSR count). The summed E-state index contributed by atoms with van der Waals surface area (Å²) in [5, 5.41) is 0. The fraction of sp³-hybridized carbons (Fsp3) is 1.00. The van der Waals surface area contributed by atoms with Crippen molar-refractivity contribution in [2.75, 3.05) is 13.1 Å². The first-order valence-electron chi connectivity index (χ1n) is 4.27. The predicted molar refractivity (Wildman–Crippen MR) is 58.1 cm³/mol. The highest BCUT2D eigenvalue weighted by molar-refractivity contribution is 5.85. The number of halogens is 2. The van der Waals surface area contributed by atoms with Gasteiger partial charge in [0.2, 0.25) is 0 Å². The molecule has 4 N–H and O–H groups in total. The van der Waals surface area contributed by atoms with E-state index in [1.807, 2.05) is 0 Å². The van der Waals surface area contributed by atoms with Gasteiger partial charge in [0.25, 0.3) is 0 Å². The molecule has 0 bridgehead atoms. The van der Waals surface area contributed by atoms with Gasteiger partial charge in [-0.2, -0.15) is 0 Å².